The standard InChI is InChI=1S/C21H27N5O/c1-15-8-9-16-13-17(14-22)20(26-19(16)12-15)23-10-5-11-24-21(27)25-18-6-3-2-4-7-18/h8-9,12-13,18H,2-7,10-11H2,1H3,(H,23,26)(H2,24,25,27). The van der Waals surface area contributed by atoms with E-state index >= 15 is 0 Å². The van der Waals surface area contributed by atoms with Crippen LogP contribution in [0.25, 0.3) is 10.9 Å². The molecule has 2 aromatic rings. The first kappa shape index (κ1) is 19.0. The third-order valence-corrected chi connectivity index (χ3v) is 4.97. The largest absolute Gasteiger partial charge is 0.369 e. The highest BCUT2D eigenvalue weighted by molar-refractivity contribution is 5.83. The van der Waals surface area contributed by atoms with Gasteiger partial charge >= 0.3 is 6.03 Å². The molecule has 1 aromatic heterocycles. The quantitative estimate of drug-likeness (QED) is 0.678. The summed E-state index contributed by atoms with van der Waals surface area (Å²) in [6.07, 6.45) is 6.61. The molecule has 1 aliphatic rings. The molecule has 2 amide bonds. The molecule has 3 N–H and O–H groups in total. The molecule has 1 aromatic carbocycles. The summed E-state index contributed by atoms with van der Waals surface area (Å²) in [5.41, 5.74) is 2.55. The van der Waals surface area contributed by atoms with E-state index in [2.05, 4.69) is 27.0 Å². The van der Waals surface area contributed by atoms with Crippen molar-refractivity contribution in [1.82, 2.24) is 15.6 Å². The summed E-state index contributed by atoms with van der Waals surface area (Å²) in [7, 11) is 0. The third-order valence-electron chi connectivity index (χ3n) is 4.97. The highest BCUT2D eigenvalue weighted by Crippen LogP contribution is 2.21. The topological polar surface area (TPSA) is 89.8 Å². The van der Waals surface area contributed by atoms with Crippen LogP contribution in [-0.4, -0.2) is 30.1 Å². The van der Waals surface area contributed by atoms with E-state index in [0.717, 1.165) is 35.7 Å². The molecule has 27 heavy (non-hydrogen) atoms. The second-order valence-electron chi connectivity index (χ2n) is 7.21. The van der Waals surface area contributed by atoms with E-state index in [4.69, 9.17) is 0 Å². The second-order valence-corrected chi connectivity index (χ2v) is 7.21. The molecule has 1 fully saturated rings. The van der Waals surface area contributed by atoms with E-state index in [9.17, 15) is 10.1 Å². The molecule has 3 rings (SSSR count). The van der Waals surface area contributed by atoms with E-state index in [1.54, 1.807) is 0 Å². The van der Waals surface area contributed by atoms with Crippen LogP contribution in [0.2, 0.25) is 0 Å². The number of benzene rings is 1. The van der Waals surface area contributed by atoms with Crippen LogP contribution >= 0.6 is 0 Å². The van der Waals surface area contributed by atoms with Crippen molar-refractivity contribution in [2.45, 2.75) is 51.5 Å². The zero-order valence-electron chi connectivity index (χ0n) is 15.8. The van der Waals surface area contributed by atoms with Gasteiger partial charge < -0.3 is 16.0 Å². The van der Waals surface area contributed by atoms with Gasteiger partial charge in [0.15, 0.2) is 0 Å². The Morgan fingerprint density at radius 1 is 1.22 bits per heavy atom. The van der Waals surface area contributed by atoms with Gasteiger partial charge in [0.1, 0.15) is 11.9 Å². The SMILES string of the molecule is Cc1ccc2cc(C#N)c(NCCCNC(=O)NC3CCCCC3)nc2c1. The molecule has 6 nitrogen and oxygen atoms in total. The highest BCUT2D eigenvalue weighted by Gasteiger charge is 2.15. The molecule has 0 unspecified atom stereocenters. The minimum Gasteiger partial charge on any atom is -0.369 e. The molecule has 1 aliphatic carbocycles. The maximum atomic E-state index is 11.9. The number of nitrogens with zero attached hydrogens (tertiary/aromatic N) is 2. The highest BCUT2D eigenvalue weighted by atomic mass is 16.2. The van der Waals surface area contributed by atoms with Gasteiger partial charge in [-0.15, -0.1) is 0 Å². The fourth-order valence-electron chi connectivity index (χ4n) is 3.48. The molecular weight excluding hydrogens is 338 g/mol. The molecule has 0 saturated heterocycles. The van der Waals surface area contributed by atoms with Crippen LogP contribution in [0.1, 0.15) is 49.7 Å². The van der Waals surface area contributed by atoms with Crippen molar-refractivity contribution in [2.75, 3.05) is 18.4 Å². The Hall–Kier alpha value is -2.81. The number of aromatic nitrogens is 1. The number of fused-ring (bicyclic) bond motifs is 1. The number of nitrogens with one attached hydrogen (secondary N) is 3. The van der Waals surface area contributed by atoms with Crippen molar-refractivity contribution in [3.63, 3.8) is 0 Å². The molecule has 0 radical (unpaired) electrons. The number of amides is 2. The second kappa shape index (κ2) is 9.22. The molecule has 6 heteroatoms. The normalized spacial score (nSPS) is 14.5. The van der Waals surface area contributed by atoms with Crippen LogP contribution in [0.5, 0.6) is 0 Å². The lowest BCUT2D eigenvalue weighted by atomic mass is 9.96. The van der Waals surface area contributed by atoms with E-state index < -0.39 is 0 Å². The predicted octanol–water partition coefficient (Wildman–Crippen LogP) is 3.85. The lowest BCUT2D eigenvalue weighted by molar-refractivity contribution is 0.232. The lowest BCUT2D eigenvalue weighted by Crippen LogP contribution is -2.43. The zero-order chi connectivity index (χ0) is 19.1. The number of aryl methyl sites for hydroxylation is 1. The zero-order valence-corrected chi connectivity index (χ0v) is 15.8. The molecule has 0 spiro atoms. The maximum absolute atomic E-state index is 11.9. The summed E-state index contributed by atoms with van der Waals surface area (Å²) < 4.78 is 0. The number of carbonyl (C=O) groups is 1. The van der Waals surface area contributed by atoms with Crippen molar-refractivity contribution in [3.05, 3.63) is 35.4 Å². The average Bonchev–Trinajstić information content (AvgIpc) is 2.67. The van der Waals surface area contributed by atoms with Gasteiger partial charge in [0.05, 0.1) is 11.1 Å². The van der Waals surface area contributed by atoms with Gasteiger partial charge in [-0.2, -0.15) is 5.26 Å². The van der Waals surface area contributed by atoms with Crippen molar-refractivity contribution in [2.24, 2.45) is 0 Å². The number of hydrogen-bond acceptors (Lipinski definition) is 4. The van der Waals surface area contributed by atoms with Crippen LogP contribution in [0.3, 0.4) is 0 Å². The minimum atomic E-state index is -0.0843. The lowest BCUT2D eigenvalue weighted by Gasteiger charge is -2.22. The Morgan fingerprint density at radius 2 is 2.04 bits per heavy atom. The Bertz CT molecular complexity index is 836. The summed E-state index contributed by atoms with van der Waals surface area (Å²) in [6, 6.07) is 10.3. The van der Waals surface area contributed by atoms with Gasteiger partial charge in [0, 0.05) is 24.5 Å². The number of hydrogen-bond donors (Lipinski definition) is 3. The summed E-state index contributed by atoms with van der Waals surface area (Å²) in [5, 5.41) is 19.5. The van der Waals surface area contributed by atoms with Crippen LogP contribution < -0.4 is 16.0 Å². The fourth-order valence-corrected chi connectivity index (χ4v) is 3.48. The smallest absolute Gasteiger partial charge is 0.315 e. The molecular formula is C21H27N5O. The van der Waals surface area contributed by atoms with Gasteiger partial charge in [0.2, 0.25) is 0 Å². The number of anilines is 1. The Balaban J connectivity index is 1.46. The summed E-state index contributed by atoms with van der Waals surface area (Å²) in [6.45, 7) is 3.25. The predicted molar refractivity (Wildman–Crippen MR) is 108 cm³/mol. The van der Waals surface area contributed by atoms with E-state index in [-0.39, 0.29) is 6.03 Å². The van der Waals surface area contributed by atoms with Gasteiger partial charge in [-0.05, 0) is 43.9 Å². The summed E-state index contributed by atoms with van der Waals surface area (Å²) >= 11 is 0. The van der Waals surface area contributed by atoms with Crippen molar-refractivity contribution >= 4 is 22.8 Å². The average molecular weight is 365 g/mol. The van der Waals surface area contributed by atoms with Crippen LogP contribution in [0.15, 0.2) is 24.3 Å². The van der Waals surface area contributed by atoms with E-state index in [0.29, 0.717) is 30.5 Å². The van der Waals surface area contributed by atoms with Gasteiger partial charge in [-0.1, -0.05) is 31.4 Å². The third kappa shape index (κ3) is 5.33. The number of carbonyl (C=O) groups excluding carboxylic acids is 1. The van der Waals surface area contributed by atoms with Crippen molar-refractivity contribution in [1.29, 1.82) is 5.26 Å². The van der Waals surface area contributed by atoms with Crippen LogP contribution in [-0.2, 0) is 0 Å². The summed E-state index contributed by atoms with van der Waals surface area (Å²) in [4.78, 5) is 16.5. The van der Waals surface area contributed by atoms with E-state index in [1.807, 2.05) is 31.2 Å². The Kier molecular flexibility index (Phi) is 6.48. The molecule has 1 heterocycles. The number of pyridine rings is 1. The van der Waals surface area contributed by atoms with Gasteiger partial charge in [0.25, 0.3) is 0 Å². The van der Waals surface area contributed by atoms with Crippen LogP contribution in [0.4, 0.5) is 10.6 Å². The minimum absolute atomic E-state index is 0.0843. The summed E-state index contributed by atoms with van der Waals surface area (Å²) in [5.74, 6) is 0.599. The van der Waals surface area contributed by atoms with Gasteiger partial charge in [-0.25, -0.2) is 9.78 Å². The van der Waals surface area contributed by atoms with E-state index in [1.165, 1.54) is 19.3 Å². The molecule has 0 atom stereocenters. The number of urea groups is 1. The fraction of sp³-hybridized carbons (Fsp3) is 0.476. The van der Waals surface area contributed by atoms with Crippen molar-refractivity contribution < 1.29 is 4.79 Å². The first-order chi connectivity index (χ1) is 13.2. The number of rotatable bonds is 6. The molecule has 142 valence electrons. The first-order valence-electron chi connectivity index (χ1n) is 9.75. The first-order valence-corrected chi connectivity index (χ1v) is 9.75. The molecule has 0 aliphatic heterocycles. The Morgan fingerprint density at radius 3 is 2.81 bits per heavy atom. The van der Waals surface area contributed by atoms with Gasteiger partial charge in [-0.3, -0.25) is 0 Å². The number of nitriles is 1. The Labute approximate surface area is 160 Å². The monoisotopic (exact) mass is 365 g/mol. The molecule has 0 bridgehead atoms. The van der Waals surface area contributed by atoms with Crippen LogP contribution in [0, 0.1) is 18.3 Å². The van der Waals surface area contributed by atoms with Crippen molar-refractivity contribution in [3.8, 4) is 6.07 Å². The molecule has 1 saturated carbocycles. The maximum Gasteiger partial charge on any atom is 0.315 e.